The van der Waals surface area contributed by atoms with Crippen molar-refractivity contribution in [1.29, 1.82) is 0 Å². The third kappa shape index (κ3) is 2.25. The van der Waals surface area contributed by atoms with E-state index in [1.807, 2.05) is 6.07 Å². The Bertz CT molecular complexity index is 297. The lowest BCUT2D eigenvalue weighted by Gasteiger charge is -2.13. The van der Waals surface area contributed by atoms with E-state index in [9.17, 15) is 8.78 Å². The standard InChI is InChI=1S/C10H12F2O/c1-6-3-4-7(2)8(5-6)9(13)10(11)12/h3-5,9-10,13H,1-2H3. The Balaban J connectivity index is 3.05. The fourth-order valence-electron chi connectivity index (χ4n) is 1.21. The molecule has 0 fully saturated rings. The van der Waals surface area contributed by atoms with Gasteiger partial charge in [-0.15, -0.1) is 0 Å². The molecular formula is C10H12F2O. The van der Waals surface area contributed by atoms with Crippen LogP contribution in [-0.2, 0) is 0 Å². The minimum Gasteiger partial charge on any atom is -0.382 e. The molecule has 0 radical (unpaired) electrons. The van der Waals surface area contributed by atoms with E-state index in [2.05, 4.69) is 0 Å². The average Bonchev–Trinajstić information content (AvgIpc) is 2.08. The van der Waals surface area contributed by atoms with Crippen molar-refractivity contribution in [2.45, 2.75) is 26.4 Å². The van der Waals surface area contributed by atoms with Gasteiger partial charge in [0, 0.05) is 0 Å². The van der Waals surface area contributed by atoms with E-state index in [4.69, 9.17) is 5.11 Å². The van der Waals surface area contributed by atoms with Crippen molar-refractivity contribution >= 4 is 0 Å². The molecular weight excluding hydrogens is 174 g/mol. The van der Waals surface area contributed by atoms with Gasteiger partial charge in [0.15, 0.2) is 0 Å². The summed E-state index contributed by atoms with van der Waals surface area (Å²) in [6, 6.07) is 5.15. The highest BCUT2D eigenvalue weighted by atomic mass is 19.3. The summed E-state index contributed by atoms with van der Waals surface area (Å²) in [4.78, 5) is 0. The number of halogens is 2. The topological polar surface area (TPSA) is 20.2 Å². The van der Waals surface area contributed by atoms with Gasteiger partial charge in [0.05, 0.1) is 0 Å². The van der Waals surface area contributed by atoms with E-state index in [1.165, 1.54) is 0 Å². The molecule has 0 aliphatic rings. The normalized spacial score (nSPS) is 13.4. The molecule has 13 heavy (non-hydrogen) atoms. The maximum absolute atomic E-state index is 12.2. The predicted octanol–water partition coefficient (Wildman–Crippen LogP) is 2.60. The van der Waals surface area contributed by atoms with Gasteiger partial charge in [-0.05, 0) is 25.0 Å². The van der Waals surface area contributed by atoms with Gasteiger partial charge in [-0.2, -0.15) is 0 Å². The molecule has 1 unspecified atom stereocenters. The summed E-state index contributed by atoms with van der Waals surface area (Å²) >= 11 is 0. The second-order valence-electron chi connectivity index (χ2n) is 3.14. The van der Waals surface area contributed by atoms with Gasteiger partial charge in [0.2, 0.25) is 0 Å². The minimum absolute atomic E-state index is 0.315. The van der Waals surface area contributed by atoms with Crippen LogP contribution in [-0.4, -0.2) is 11.5 Å². The van der Waals surface area contributed by atoms with Crippen molar-refractivity contribution in [2.75, 3.05) is 0 Å². The van der Waals surface area contributed by atoms with Crippen LogP contribution in [0.1, 0.15) is 22.8 Å². The number of aliphatic hydroxyl groups excluding tert-OH is 1. The highest BCUT2D eigenvalue weighted by molar-refractivity contribution is 5.32. The van der Waals surface area contributed by atoms with Gasteiger partial charge in [0.1, 0.15) is 6.10 Å². The van der Waals surface area contributed by atoms with Crippen molar-refractivity contribution < 1.29 is 13.9 Å². The molecule has 1 aromatic rings. The number of benzene rings is 1. The highest BCUT2D eigenvalue weighted by Crippen LogP contribution is 2.24. The van der Waals surface area contributed by atoms with E-state index in [-0.39, 0.29) is 0 Å². The molecule has 0 saturated heterocycles. The van der Waals surface area contributed by atoms with E-state index >= 15 is 0 Å². The molecule has 0 aromatic heterocycles. The molecule has 0 aliphatic carbocycles. The zero-order chi connectivity index (χ0) is 10.0. The summed E-state index contributed by atoms with van der Waals surface area (Å²) in [6.07, 6.45) is -4.39. The molecule has 0 amide bonds. The number of hydrogen-bond donors (Lipinski definition) is 1. The van der Waals surface area contributed by atoms with Crippen molar-refractivity contribution in [3.05, 3.63) is 34.9 Å². The zero-order valence-corrected chi connectivity index (χ0v) is 7.59. The molecule has 0 heterocycles. The molecule has 0 bridgehead atoms. The summed E-state index contributed by atoms with van der Waals surface area (Å²) in [5.41, 5.74) is 1.88. The molecule has 0 spiro atoms. The first kappa shape index (κ1) is 10.1. The summed E-state index contributed by atoms with van der Waals surface area (Å²) < 4.78 is 24.4. The van der Waals surface area contributed by atoms with Crippen LogP contribution in [0.2, 0.25) is 0 Å². The van der Waals surface area contributed by atoms with Crippen LogP contribution in [0, 0.1) is 13.8 Å². The van der Waals surface area contributed by atoms with Crippen LogP contribution in [0.4, 0.5) is 8.78 Å². The zero-order valence-electron chi connectivity index (χ0n) is 7.59. The van der Waals surface area contributed by atoms with Crippen LogP contribution in [0.15, 0.2) is 18.2 Å². The Labute approximate surface area is 76.0 Å². The largest absolute Gasteiger partial charge is 0.382 e. The second-order valence-corrected chi connectivity index (χ2v) is 3.14. The third-order valence-electron chi connectivity index (χ3n) is 1.99. The van der Waals surface area contributed by atoms with Crippen LogP contribution >= 0.6 is 0 Å². The van der Waals surface area contributed by atoms with Crippen LogP contribution in [0.5, 0.6) is 0 Å². The average molecular weight is 186 g/mol. The lowest BCUT2D eigenvalue weighted by atomic mass is 10.0. The fraction of sp³-hybridized carbons (Fsp3) is 0.400. The molecule has 0 aliphatic heterocycles. The molecule has 3 heteroatoms. The Morgan fingerprint density at radius 2 is 1.85 bits per heavy atom. The molecule has 1 atom stereocenters. The number of aliphatic hydroxyl groups is 1. The van der Waals surface area contributed by atoms with Gasteiger partial charge in [-0.25, -0.2) is 8.78 Å². The molecule has 1 N–H and O–H groups in total. The Morgan fingerprint density at radius 3 is 2.38 bits per heavy atom. The lowest BCUT2D eigenvalue weighted by molar-refractivity contribution is -0.00615. The van der Waals surface area contributed by atoms with Crippen LogP contribution < -0.4 is 0 Å². The van der Waals surface area contributed by atoms with Gasteiger partial charge < -0.3 is 5.11 Å². The van der Waals surface area contributed by atoms with Crippen LogP contribution in [0.3, 0.4) is 0 Å². The van der Waals surface area contributed by atoms with E-state index in [0.29, 0.717) is 11.1 Å². The fourth-order valence-corrected chi connectivity index (χ4v) is 1.21. The van der Waals surface area contributed by atoms with Crippen LogP contribution in [0.25, 0.3) is 0 Å². The second kappa shape index (κ2) is 3.83. The van der Waals surface area contributed by atoms with E-state index in [0.717, 1.165) is 5.56 Å². The first-order valence-electron chi connectivity index (χ1n) is 4.05. The molecule has 1 nitrogen and oxygen atoms in total. The van der Waals surface area contributed by atoms with Crippen molar-refractivity contribution in [3.63, 3.8) is 0 Å². The molecule has 0 saturated carbocycles. The Kier molecular flexibility index (Phi) is 2.98. The molecule has 72 valence electrons. The first-order chi connectivity index (χ1) is 6.02. The number of alkyl halides is 2. The smallest absolute Gasteiger partial charge is 0.268 e. The molecule has 1 rings (SSSR count). The Morgan fingerprint density at radius 1 is 1.23 bits per heavy atom. The maximum Gasteiger partial charge on any atom is 0.268 e. The quantitative estimate of drug-likeness (QED) is 0.752. The summed E-state index contributed by atoms with van der Waals surface area (Å²) in [6.45, 7) is 3.52. The van der Waals surface area contributed by atoms with Crippen molar-refractivity contribution in [3.8, 4) is 0 Å². The van der Waals surface area contributed by atoms with Gasteiger partial charge in [-0.3, -0.25) is 0 Å². The summed E-state index contributed by atoms with van der Waals surface area (Å²) in [7, 11) is 0. The maximum atomic E-state index is 12.2. The van der Waals surface area contributed by atoms with E-state index in [1.54, 1.807) is 26.0 Å². The number of rotatable bonds is 2. The summed E-state index contributed by atoms with van der Waals surface area (Å²) in [5, 5.41) is 9.15. The molecule has 1 aromatic carbocycles. The summed E-state index contributed by atoms with van der Waals surface area (Å²) in [5.74, 6) is 0. The van der Waals surface area contributed by atoms with Gasteiger partial charge in [-0.1, -0.05) is 23.8 Å². The minimum atomic E-state index is -2.72. The SMILES string of the molecule is Cc1ccc(C)c(C(O)C(F)F)c1. The highest BCUT2D eigenvalue weighted by Gasteiger charge is 2.20. The third-order valence-corrected chi connectivity index (χ3v) is 1.99. The van der Waals surface area contributed by atoms with Gasteiger partial charge >= 0.3 is 0 Å². The predicted molar refractivity (Wildman–Crippen MR) is 46.9 cm³/mol. The monoisotopic (exact) mass is 186 g/mol. The number of hydrogen-bond acceptors (Lipinski definition) is 1. The first-order valence-corrected chi connectivity index (χ1v) is 4.05. The lowest BCUT2D eigenvalue weighted by Crippen LogP contribution is -2.09. The Hall–Kier alpha value is -0.960. The van der Waals surface area contributed by atoms with Gasteiger partial charge in [0.25, 0.3) is 6.43 Å². The van der Waals surface area contributed by atoms with Crippen molar-refractivity contribution in [1.82, 2.24) is 0 Å². The van der Waals surface area contributed by atoms with Crippen molar-refractivity contribution in [2.24, 2.45) is 0 Å². The number of aryl methyl sites for hydroxylation is 2. The van der Waals surface area contributed by atoms with E-state index < -0.39 is 12.5 Å².